The number of anilines is 2. The van der Waals surface area contributed by atoms with E-state index in [1.807, 2.05) is 66.4 Å². The molecule has 1 fully saturated rings. The summed E-state index contributed by atoms with van der Waals surface area (Å²) in [6, 6.07) is 13.9. The fraction of sp³-hybridized carbons (Fsp3) is 0.400. The van der Waals surface area contributed by atoms with Crippen molar-refractivity contribution in [2.24, 2.45) is 5.92 Å². The summed E-state index contributed by atoms with van der Waals surface area (Å²) in [5.41, 5.74) is 1.73. The van der Waals surface area contributed by atoms with Crippen LogP contribution in [0.4, 0.5) is 11.5 Å². The number of halogens is 2. The third-order valence-electron chi connectivity index (χ3n) is 4.88. The Labute approximate surface area is 174 Å². The van der Waals surface area contributed by atoms with Crippen LogP contribution < -0.4 is 10.2 Å². The van der Waals surface area contributed by atoms with Gasteiger partial charge in [0, 0.05) is 32.0 Å². The summed E-state index contributed by atoms with van der Waals surface area (Å²) in [7, 11) is 3.96. The first-order valence-corrected chi connectivity index (χ1v) is 8.87. The molecule has 5 nitrogen and oxygen atoms in total. The van der Waals surface area contributed by atoms with Gasteiger partial charge in [-0.3, -0.25) is 4.79 Å². The summed E-state index contributed by atoms with van der Waals surface area (Å²) in [6.45, 7) is 2.69. The summed E-state index contributed by atoms with van der Waals surface area (Å²) in [5.74, 6) is 1.59. The van der Waals surface area contributed by atoms with Gasteiger partial charge in [0.1, 0.15) is 5.82 Å². The Balaban J connectivity index is 0.00000182. The second-order valence-electron chi connectivity index (χ2n) is 6.59. The van der Waals surface area contributed by atoms with Crippen LogP contribution in [0.25, 0.3) is 0 Å². The quantitative estimate of drug-likeness (QED) is 0.814. The number of aromatic nitrogens is 1. The molecule has 2 heterocycles. The molecular weight excluding hydrogens is 383 g/mol. The number of carbonyl (C=O) groups is 1. The lowest BCUT2D eigenvalue weighted by molar-refractivity contribution is 0.0690. The lowest BCUT2D eigenvalue weighted by atomic mass is 9.96. The van der Waals surface area contributed by atoms with Crippen molar-refractivity contribution in [3.8, 4) is 0 Å². The fourth-order valence-corrected chi connectivity index (χ4v) is 3.31. The van der Waals surface area contributed by atoms with E-state index in [1.165, 1.54) is 0 Å². The zero-order valence-corrected chi connectivity index (χ0v) is 17.4. The van der Waals surface area contributed by atoms with E-state index in [1.54, 1.807) is 6.20 Å². The standard InChI is InChI=1S/C20H26N4O.2ClH/c1-21-14-16-10-12-24(13-11-16)20(25)17-8-9-19(22-15-17)23(2)18-6-4-3-5-7-18;;/h3-9,15-16,21H,10-14H2,1-2H3;2*1H. The lowest BCUT2D eigenvalue weighted by Crippen LogP contribution is -2.40. The summed E-state index contributed by atoms with van der Waals surface area (Å²) in [4.78, 5) is 21.1. The summed E-state index contributed by atoms with van der Waals surface area (Å²) >= 11 is 0. The van der Waals surface area contributed by atoms with Crippen LogP contribution in [0, 0.1) is 5.92 Å². The van der Waals surface area contributed by atoms with Gasteiger partial charge in [-0.25, -0.2) is 4.98 Å². The number of benzene rings is 1. The predicted octanol–water partition coefficient (Wildman–Crippen LogP) is 3.76. The third kappa shape index (κ3) is 5.83. The largest absolute Gasteiger partial charge is 0.339 e. The maximum atomic E-state index is 12.7. The van der Waals surface area contributed by atoms with E-state index >= 15 is 0 Å². The molecule has 0 atom stereocenters. The van der Waals surface area contributed by atoms with E-state index in [4.69, 9.17) is 0 Å². The second-order valence-corrected chi connectivity index (χ2v) is 6.59. The number of nitrogens with one attached hydrogen (secondary N) is 1. The van der Waals surface area contributed by atoms with Crippen LogP contribution >= 0.6 is 24.8 Å². The fourth-order valence-electron chi connectivity index (χ4n) is 3.31. The lowest BCUT2D eigenvalue weighted by Gasteiger charge is -2.32. The molecule has 1 saturated heterocycles. The average molecular weight is 411 g/mol. The van der Waals surface area contributed by atoms with E-state index in [2.05, 4.69) is 10.3 Å². The summed E-state index contributed by atoms with van der Waals surface area (Å²) in [5, 5.41) is 3.23. The van der Waals surface area contributed by atoms with Crippen LogP contribution in [-0.2, 0) is 0 Å². The summed E-state index contributed by atoms with van der Waals surface area (Å²) in [6.07, 6.45) is 3.82. The number of rotatable bonds is 5. The topological polar surface area (TPSA) is 48.5 Å². The van der Waals surface area contributed by atoms with E-state index < -0.39 is 0 Å². The SMILES string of the molecule is CNCC1CCN(C(=O)c2ccc(N(C)c3ccccc3)nc2)CC1.Cl.Cl. The van der Waals surface area contributed by atoms with Crippen LogP contribution in [0.1, 0.15) is 23.2 Å². The zero-order chi connectivity index (χ0) is 17.6. The van der Waals surface area contributed by atoms with Crippen LogP contribution in [0.3, 0.4) is 0 Å². The van der Waals surface area contributed by atoms with E-state index in [9.17, 15) is 4.79 Å². The van der Waals surface area contributed by atoms with Gasteiger partial charge in [-0.1, -0.05) is 18.2 Å². The number of hydrogen-bond donors (Lipinski definition) is 1. The molecule has 0 spiro atoms. The highest BCUT2D eigenvalue weighted by atomic mass is 35.5. The molecule has 0 radical (unpaired) electrons. The Morgan fingerprint density at radius 1 is 1.15 bits per heavy atom. The first-order valence-electron chi connectivity index (χ1n) is 8.87. The van der Waals surface area contributed by atoms with E-state index in [-0.39, 0.29) is 30.7 Å². The third-order valence-corrected chi connectivity index (χ3v) is 4.88. The molecular formula is C20H28Cl2N4O. The number of carbonyl (C=O) groups excluding carboxylic acids is 1. The number of para-hydroxylation sites is 1. The Morgan fingerprint density at radius 2 is 1.81 bits per heavy atom. The molecule has 1 aliphatic rings. The van der Waals surface area contributed by atoms with Gasteiger partial charge in [0.05, 0.1) is 5.56 Å². The van der Waals surface area contributed by atoms with Crippen molar-refractivity contribution in [2.75, 3.05) is 38.6 Å². The van der Waals surface area contributed by atoms with Crippen molar-refractivity contribution >= 4 is 42.2 Å². The smallest absolute Gasteiger partial charge is 0.255 e. The zero-order valence-electron chi connectivity index (χ0n) is 15.8. The number of pyridine rings is 1. The van der Waals surface area contributed by atoms with Gasteiger partial charge in [-0.15, -0.1) is 24.8 Å². The molecule has 1 aliphatic heterocycles. The van der Waals surface area contributed by atoms with E-state index in [0.717, 1.165) is 44.0 Å². The van der Waals surface area contributed by atoms with Gasteiger partial charge >= 0.3 is 0 Å². The van der Waals surface area contributed by atoms with Crippen molar-refractivity contribution in [1.82, 2.24) is 15.2 Å². The molecule has 0 bridgehead atoms. The molecule has 1 amide bonds. The highest BCUT2D eigenvalue weighted by Gasteiger charge is 2.23. The van der Waals surface area contributed by atoms with Crippen molar-refractivity contribution in [3.63, 3.8) is 0 Å². The van der Waals surface area contributed by atoms with Crippen molar-refractivity contribution in [3.05, 3.63) is 54.2 Å². The molecule has 0 unspecified atom stereocenters. The molecule has 27 heavy (non-hydrogen) atoms. The number of nitrogens with zero attached hydrogens (tertiary/aromatic N) is 3. The first-order chi connectivity index (χ1) is 12.2. The number of hydrogen-bond acceptors (Lipinski definition) is 4. The highest BCUT2D eigenvalue weighted by molar-refractivity contribution is 5.94. The minimum absolute atomic E-state index is 0. The second kappa shape index (κ2) is 11.1. The highest BCUT2D eigenvalue weighted by Crippen LogP contribution is 2.22. The predicted molar refractivity (Wildman–Crippen MR) is 116 cm³/mol. The minimum Gasteiger partial charge on any atom is -0.339 e. The van der Waals surface area contributed by atoms with Gasteiger partial charge in [0.2, 0.25) is 0 Å². The molecule has 2 aromatic rings. The van der Waals surface area contributed by atoms with Crippen LogP contribution in [0.5, 0.6) is 0 Å². The molecule has 7 heteroatoms. The van der Waals surface area contributed by atoms with Crippen LogP contribution in [0.2, 0.25) is 0 Å². The number of likely N-dealkylation sites (tertiary alicyclic amines) is 1. The van der Waals surface area contributed by atoms with Crippen LogP contribution in [0.15, 0.2) is 48.7 Å². The average Bonchev–Trinajstić information content (AvgIpc) is 2.68. The molecule has 3 rings (SSSR count). The number of amides is 1. The Kier molecular flexibility index (Phi) is 9.56. The minimum atomic E-state index is 0. The van der Waals surface area contributed by atoms with Gasteiger partial charge in [-0.2, -0.15) is 0 Å². The van der Waals surface area contributed by atoms with Crippen molar-refractivity contribution in [2.45, 2.75) is 12.8 Å². The van der Waals surface area contributed by atoms with Crippen LogP contribution in [-0.4, -0.2) is 49.5 Å². The normalized spacial score (nSPS) is 14.1. The van der Waals surface area contributed by atoms with Gasteiger partial charge < -0.3 is 15.1 Å². The summed E-state index contributed by atoms with van der Waals surface area (Å²) < 4.78 is 0. The Bertz CT molecular complexity index is 689. The molecule has 1 aromatic heterocycles. The van der Waals surface area contributed by atoms with Gasteiger partial charge in [0.15, 0.2) is 0 Å². The molecule has 0 saturated carbocycles. The first kappa shape index (κ1) is 23.2. The monoisotopic (exact) mass is 410 g/mol. The Hall–Kier alpha value is -1.82. The molecule has 148 valence electrons. The van der Waals surface area contributed by atoms with E-state index in [0.29, 0.717) is 11.5 Å². The van der Waals surface area contributed by atoms with Crippen molar-refractivity contribution in [1.29, 1.82) is 0 Å². The maximum absolute atomic E-state index is 12.7. The molecule has 0 aliphatic carbocycles. The van der Waals surface area contributed by atoms with Gasteiger partial charge in [0.25, 0.3) is 5.91 Å². The van der Waals surface area contributed by atoms with Gasteiger partial charge in [-0.05, 0) is 56.6 Å². The number of piperidine rings is 1. The maximum Gasteiger partial charge on any atom is 0.255 e. The van der Waals surface area contributed by atoms with Crippen molar-refractivity contribution < 1.29 is 4.79 Å². The molecule has 1 N–H and O–H groups in total. The Morgan fingerprint density at radius 3 is 2.37 bits per heavy atom. The molecule has 1 aromatic carbocycles.